The van der Waals surface area contributed by atoms with E-state index in [0.29, 0.717) is 39.3 Å². The summed E-state index contributed by atoms with van der Waals surface area (Å²) in [6.07, 6.45) is 0. The molecule has 7 heteroatoms. The van der Waals surface area contributed by atoms with Gasteiger partial charge in [0.15, 0.2) is 22.7 Å². The molecule has 5 rings (SSSR count). The second-order valence-corrected chi connectivity index (χ2v) is 8.47. The van der Waals surface area contributed by atoms with Gasteiger partial charge in [0.2, 0.25) is 5.76 Å². The van der Waals surface area contributed by atoms with Gasteiger partial charge < -0.3 is 13.9 Å². The lowest BCUT2D eigenvalue weighted by molar-refractivity contribution is 0.0970. The molecule has 0 saturated carbocycles. The Morgan fingerprint density at radius 2 is 1.63 bits per heavy atom. The Morgan fingerprint density at radius 3 is 2.29 bits per heavy atom. The summed E-state index contributed by atoms with van der Waals surface area (Å²) in [6.45, 7) is 3.38. The van der Waals surface area contributed by atoms with Crippen molar-refractivity contribution in [3.63, 3.8) is 0 Å². The van der Waals surface area contributed by atoms with Crippen LogP contribution in [0.1, 0.15) is 50.6 Å². The second-order valence-electron chi connectivity index (χ2n) is 8.47. The van der Waals surface area contributed by atoms with E-state index in [0.717, 1.165) is 5.56 Å². The van der Waals surface area contributed by atoms with Gasteiger partial charge in [-0.15, -0.1) is 0 Å². The number of nitrogens with zero attached hydrogens (tertiary/aromatic N) is 1. The molecule has 1 amide bonds. The minimum atomic E-state index is -0.762. The monoisotopic (exact) mass is 469 g/mol. The Hall–Kier alpha value is -4.39. The quantitative estimate of drug-likeness (QED) is 0.379. The SMILES string of the molecule is COc1ccc(C2c3c(oc4ccc(C)cc4c3=O)C(=O)N2c2ccc(C(C)=O)cc2)cc1OC. The van der Waals surface area contributed by atoms with Gasteiger partial charge >= 0.3 is 0 Å². The average Bonchev–Trinajstić information content (AvgIpc) is 3.16. The molecule has 1 aromatic heterocycles. The molecule has 0 aliphatic carbocycles. The van der Waals surface area contributed by atoms with Gasteiger partial charge in [-0.3, -0.25) is 19.3 Å². The third kappa shape index (κ3) is 3.56. The highest BCUT2D eigenvalue weighted by molar-refractivity contribution is 6.11. The first-order chi connectivity index (χ1) is 16.8. The van der Waals surface area contributed by atoms with Crippen LogP contribution in [0.3, 0.4) is 0 Å². The number of benzene rings is 3. The normalized spacial score (nSPS) is 14.8. The summed E-state index contributed by atoms with van der Waals surface area (Å²) in [5.41, 5.74) is 2.98. The van der Waals surface area contributed by atoms with Gasteiger partial charge in [-0.2, -0.15) is 0 Å². The van der Waals surface area contributed by atoms with Crippen LogP contribution >= 0.6 is 0 Å². The Balaban J connectivity index is 1.78. The van der Waals surface area contributed by atoms with E-state index < -0.39 is 11.9 Å². The number of aryl methyl sites for hydroxylation is 1. The van der Waals surface area contributed by atoms with Crippen molar-refractivity contribution in [1.29, 1.82) is 0 Å². The van der Waals surface area contributed by atoms with E-state index in [9.17, 15) is 14.4 Å². The third-order valence-electron chi connectivity index (χ3n) is 6.30. The van der Waals surface area contributed by atoms with E-state index in [1.807, 2.05) is 13.0 Å². The molecule has 0 fully saturated rings. The van der Waals surface area contributed by atoms with E-state index in [4.69, 9.17) is 13.9 Å². The zero-order valence-corrected chi connectivity index (χ0v) is 19.7. The first-order valence-corrected chi connectivity index (χ1v) is 11.1. The van der Waals surface area contributed by atoms with E-state index in [2.05, 4.69) is 0 Å². The minimum Gasteiger partial charge on any atom is -0.493 e. The molecule has 0 spiro atoms. The number of hydrogen-bond donors (Lipinski definition) is 0. The van der Waals surface area contributed by atoms with Crippen LogP contribution < -0.4 is 19.8 Å². The van der Waals surface area contributed by atoms with Gasteiger partial charge in [0.1, 0.15) is 5.58 Å². The van der Waals surface area contributed by atoms with Crippen LogP contribution in [0.5, 0.6) is 11.5 Å². The molecule has 0 radical (unpaired) electrons. The smallest absolute Gasteiger partial charge is 0.295 e. The fourth-order valence-corrected chi connectivity index (χ4v) is 4.55. The van der Waals surface area contributed by atoms with Crippen molar-refractivity contribution in [1.82, 2.24) is 0 Å². The zero-order chi connectivity index (χ0) is 24.9. The number of rotatable bonds is 5. The minimum absolute atomic E-state index is 0.00165. The lowest BCUT2D eigenvalue weighted by Crippen LogP contribution is -2.29. The van der Waals surface area contributed by atoms with E-state index >= 15 is 0 Å². The number of fused-ring (bicyclic) bond motifs is 2. The van der Waals surface area contributed by atoms with Crippen molar-refractivity contribution in [3.05, 3.63) is 98.9 Å². The highest BCUT2D eigenvalue weighted by Gasteiger charge is 2.44. The van der Waals surface area contributed by atoms with E-state index in [1.54, 1.807) is 54.6 Å². The maximum Gasteiger partial charge on any atom is 0.295 e. The van der Waals surface area contributed by atoms with Gasteiger partial charge in [0.25, 0.3) is 5.91 Å². The molecule has 1 unspecified atom stereocenters. The van der Waals surface area contributed by atoms with Gasteiger partial charge in [0.05, 0.1) is 31.2 Å². The van der Waals surface area contributed by atoms with Gasteiger partial charge in [-0.05, 0) is 67.9 Å². The summed E-state index contributed by atoms with van der Waals surface area (Å²) in [5, 5.41) is 0.413. The molecule has 176 valence electrons. The largest absolute Gasteiger partial charge is 0.493 e. The summed E-state index contributed by atoms with van der Waals surface area (Å²) >= 11 is 0. The van der Waals surface area contributed by atoms with Crippen molar-refractivity contribution in [2.24, 2.45) is 0 Å². The summed E-state index contributed by atoms with van der Waals surface area (Å²) < 4.78 is 16.9. The molecule has 0 N–H and O–H groups in total. The van der Waals surface area contributed by atoms with Gasteiger partial charge in [0, 0.05) is 11.3 Å². The average molecular weight is 469 g/mol. The fourth-order valence-electron chi connectivity index (χ4n) is 4.55. The molecule has 1 aliphatic rings. The number of ether oxygens (including phenoxy) is 2. The molecule has 0 bridgehead atoms. The molecule has 1 aliphatic heterocycles. The first-order valence-electron chi connectivity index (χ1n) is 11.1. The topological polar surface area (TPSA) is 86.0 Å². The Labute approximate surface area is 201 Å². The molecular formula is C28H23NO6. The van der Waals surface area contributed by atoms with Crippen LogP contribution in [-0.2, 0) is 0 Å². The maximum atomic E-state index is 13.8. The maximum absolute atomic E-state index is 13.8. The highest BCUT2D eigenvalue weighted by Crippen LogP contribution is 2.43. The Kier molecular flexibility index (Phi) is 5.40. The Bertz CT molecular complexity index is 1550. The summed E-state index contributed by atoms with van der Waals surface area (Å²) in [5.74, 6) is 0.484. The third-order valence-corrected chi connectivity index (χ3v) is 6.30. The van der Waals surface area contributed by atoms with Gasteiger partial charge in [-0.1, -0.05) is 17.7 Å². The number of carbonyl (C=O) groups excluding carboxylic acids is 2. The van der Waals surface area contributed by atoms with E-state index in [-0.39, 0.29) is 22.5 Å². The molecule has 2 heterocycles. The summed E-state index contributed by atoms with van der Waals surface area (Å²) in [6, 6.07) is 16.5. The van der Waals surface area contributed by atoms with Crippen molar-refractivity contribution in [2.75, 3.05) is 19.1 Å². The van der Waals surface area contributed by atoms with E-state index in [1.165, 1.54) is 26.0 Å². The number of methoxy groups -OCH3 is 2. The number of ketones is 1. The van der Waals surface area contributed by atoms with Gasteiger partial charge in [-0.25, -0.2) is 0 Å². The lowest BCUT2D eigenvalue weighted by atomic mass is 9.97. The van der Waals surface area contributed by atoms with Crippen molar-refractivity contribution in [2.45, 2.75) is 19.9 Å². The molecule has 7 nitrogen and oxygen atoms in total. The summed E-state index contributed by atoms with van der Waals surface area (Å²) in [7, 11) is 3.07. The number of Topliss-reactive ketones (excluding diaryl/α,β-unsaturated/α-hetero) is 1. The Morgan fingerprint density at radius 1 is 0.914 bits per heavy atom. The van der Waals surface area contributed by atoms with Crippen LogP contribution in [0.4, 0.5) is 5.69 Å². The first kappa shape index (κ1) is 22.4. The lowest BCUT2D eigenvalue weighted by Gasteiger charge is -2.26. The van der Waals surface area contributed by atoms with Crippen molar-refractivity contribution < 1.29 is 23.5 Å². The fraction of sp³-hybridized carbons (Fsp3) is 0.179. The molecule has 35 heavy (non-hydrogen) atoms. The van der Waals surface area contributed by atoms with Crippen LogP contribution in [-0.4, -0.2) is 25.9 Å². The molecule has 0 saturated heterocycles. The zero-order valence-electron chi connectivity index (χ0n) is 19.7. The number of hydrogen-bond acceptors (Lipinski definition) is 6. The van der Waals surface area contributed by atoms with Crippen LogP contribution in [0.25, 0.3) is 11.0 Å². The predicted octanol–water partition coefficient (Wildman–Crippen LogP) is 5.07. The van der Waals surface area contributed by atoms with Crippen LogP contribution in [0.15, 0.2) is 69.9 Å². The second kappa shape index (κ2) is 8.43. The molecule has 4 aromatic rings. The molecule has 3 aromatic carbocycles. The highest BCUT2D eigenvalue weighted by atomic mass is 16.5. The summed E-state index contributed by atoms with van der Waals surface area (Å²) in [4.78, 5) is 40.8. The van der Waals surface area contributed by atoms with Crippen LogP contribution in [0, 0.1) is 6.92 Å². The van der Waals surface area contributed by atoms with Crippen LogP contribution in [0.2, 0.25) is 0 Å². The molecule has 1 atom stereocenters. The van der Waals surface area contributed by atoms with Crippen molar-refractivity contribution in [3.8, 4) is 11.5 Å². The number of anilines is 1. The number of carbonyl (C=O) groups is 2. The standard InChI is InChI=1S/C28H23NO6/c1-15-5-11-21-20(13-15)26(31)24-25(18-8-12-22(33-3)23(14-18)34-4)29(28(32)27(24)35-21)19-9-6-17(7-10-19)16(2)30/h5-14,25H,1-4H3. The van der Waals surface area contributed by atoms with Crippen molar-refractivity contribution >= 4 is 28.3 Å². The molecular weight excluding hydrogens is 446 g/mol. The number of amides is 1. The predicted molar refractivity (Wildman–Crippen MR) is 132 cm³/mol.